The molecule has 4 nitrogen and oxygen atoms in total. The molecule has 1 heterocycles. The van der Waals surface area contributed by atoms with E-state index < -0.39 is 5.54 Å². The maximum Gasteiger partial charge on any atom is 0.246 e. The molecule has 2 fully saturated rings. The minimum atomic E-state index is -0.720. The molecule has 17 heavy (non-hydrogen) atoms. The van der Waals surface area contributed by atoms with Gasteiger partial charge in [0.1, 0.15) is 11.6 Å². The standard InChI is InChI=1S/C13H22N2O2/c1-3-13(2)12(17)14-10(11(16)15-13)9-7-5-4-6-8-9/h9-10H,3-8H2,1-2H3,(H,14,17)(H,15,16). The fraction of sp³-hybridized carbons (Fsp3) is 0.846. The van der Waals surface area contributed by atoms with Crippen LogP contribution in [0.3, 0.4) is 0 Å². The zero-order valence-corrected chi connectivity index (χ0v) is 10.7. The van der Waals surface area contributed by atoms with Gasteiger partial charge in [-0.2, -0.15) is 0 Å². The Hall–Kier alpha value is -1.06. The Labute approximate surface area is 103 Å². The molecule has 2 amide bonds. The van der Waals surface area contributed by atoms with Crippen LogP contribution in [0.25, 0.3) is 0 Å². The number of carbonyl (C=O) groups is 2. The predicted molar refractivity (Wildman–Crippen MR) is 65.3 cm³/mol. The van der Waals surface area contributed by atoms with E-state index in [-0.39, 0.29) is 17.9 Å². The number of amides is 2. The van der Waals surface area contributed by atoms with Crippen LogP contribution in [-0.4, -0.2) is 23.4 Å². The van der Waals surface area contributed by atoms with Crippen molar-refractivity contribution in [3.05, 3.63) is 0 Å². The van der Waals surface area contributed by atoms with E-state index in [0.717, 1.165) is 12.8 Å². The molecule has 2 atom stereocenters. The smallest absolute Gasteiger partial charge is 0.246 e. The van der Waals surface area contributed by atoms with Crippen LogP contribution in [-0.2, 0) is 9.59 Å². The molecule has 1 saturated heterocycles. The quantitative estimate of drug-likeness (QED) is 0.763. The first kappa shape index (κ1) is 12.4. The third kappa shape index (κ3) is 2.31. The van der Waals surface area contributed by atoms with Crippen LogP contribution in [0, 0.1) is 5.92 Å². The zero-order chi connectivity index (χ0) is 12.5. The average Bonchev–Trinajstić information content (AvgIpc) is 2.35. The molecule has 4 heteroatoms. The molecule has 2 unspecified atom stereocenters. The molecule has 0 spiro atoms. The van der Waals surface area contributed by atoms with Gasteiger partial charge in [-0.15, -0.1) is 0 Å². The Balaban J connectivity index is 2.07. The second-order valence-corrected chi connectivity index (χ2v) is 5.52. The molecule has 2 N–H and O–H groups in total. The molecule has 96 valence electrons. The maximum atomic E-state index is 12.1. The lowest BCUT2D eigenvalue weighted by molar-refractivity contribution is -0.142. The van der Waals surface area contributed by atoms with E-state index in [0.29, 0.717) is 12.3 Å². The summed E-state index contributed by atoms with van der Waals surface area (Å²) in [7, 11) is 0. The number of rotatable bonds is 2. The van der Waals surface area contributed by atoms with Crippen molar-refractivity contribution in [1.29, 1.82) is 0 Å². The number of nitrogens with one attached hydrogen (secondary N) is 2. The largest absolute Gasteiger partial charge is 0.342 e. The van der Waals surface area contributed by atoms with Crippen molar-refractivity contribution < 1.29 is 9.59 Å². The topological polar surface area (TPSA) is 58.2 Å². The summed E-state index contributed by atoms with van der Waals surface area (Å²) in [6, 6.07) is -0.303. The highest BCUT2D eigenvalue weighted by Crippen LogP contribution is 2.28. The Morgan fingerprint density at radius 1 is 1.24 bits per heavy atom. The van der Waals surface area contributed by atoms with E-state index in [2.05, 4.69) is 10.6 Å². The van der Waals surface area contributed by atoms with Gasteiger partial charge >= 0.3 is 0 Å². The summed E-state index contributed by atoms with van der Waals surface area (Å²) in [4.78, 5) is 24.1. The second kappa shape index (κ2) is 4.67. The van der Waals surface area contributed by atoms with Crippen molar-refractivity contribution in [1.82, 2.24) is 10.6 Å². The van der Waals surface area contributed by atoms with Gasteiger partial charge in [-0.1, -0.05) is 26.2 Å². The van der Waals surface area contributed by atoms with Gasteiger partial charge in [0.05, 0.1) is 0 Å². The molecule has 0 bridgehead atoms. The average molecular weight is 238 g/mol. The normalized spacial score (nSPS) is 35.3. The van der Waals surface area contributed by atoms with E-state index in [4.69, 9.17) is 0 Å². The molecular weight excluding hydrogens is 216 g/mol. The van der Waals surface area contributed by atoms with E-state index in [9.17, 15) is 9.59 Å². The number of hydrogen-bond acceptors (Lipinski definition) is 2. The van der Waals surface area contributed by atoms with Gasteiger partial charge in [-0.05, 0) is 32.1 Å². The first-order chi connectivity index (χ1) is 8.07. The SMILES string of the molecule is CCC1(C)NC(=O)C(C2CCCCC2)NC1=O. The van der Waals surface area contributed by atoms with Crippen molar-refractivity contribution in [2.75, 3.05) is 0 Å². The highest BCUT2D eigenvalue weighted by molar-refractivity contribution is 5.99. The van der Waals surface area contributed by atoms with Crippen molar-refractivity contribution in [3.63, 3.8) is 0 Å². The summed E-state index contributed by atoms with van der Waals surface area (Å²) >= 11 is 0. The molecule has 1 aliphatic carbocycles. The number of carbonyl (C=O) groups excluding carboxylic acids is 2. The summed E-state index contributed by atoms with van der Waals surface area (Å²) in [5, 5.41) is 5.81. The Bertz CT molecular complexity index is 323. The number of piperazine rings is 1. The van der Waals surface area contributed by atoms with E-state index in [1.165, 1.54) is 19.3 Å². The first-order valence-electron chi connectivity index (χ1n) is 6.70. The minimum Gasteiger partial charge on any atom is -0.342 e. The minimum absolute atomic E-state index is 0.000787. The second-order valence-electron chi connectivity index (χ2n) is 5.52. The van der Waals surface area contributed by atoms with Gasteiger partial charge in [-0.25, -0.2) is 0 Å². The summed E-state index contributed by atoms with van der Waals surface area (Å²) in [5.74, 6) is 0.296. The summed E-state index contributed by atoms with van der Waals surface area (Å²) in [6.07, 6.45) is 6.35. The lowest BCUT2D eigenvalue weighted by atomic mass is 9.81. The van der Waals surface area contributed by atoms with Crippen LogP contribution in [0.1, 0.15) is 52.4 Å². The van der Waals surface area contributed by atoms with Gasteiger partial charge in [0, 0.05) is 0 Å². The molecule has 0 radical (unpaired) electrons. The van der Waals surface area contributed by atoms with Crippen molar-refractivity contribution in [2.24, 2.45) is 5.92 Å². The molecular formula is C13H22N2O2. The summed E-state index contributed by atoms with van der Waals surface area (Å²) in [6.45, 7) is 3.71. The fourth-order valence-electron chi connectivity index (χ4n) is 2.82. The molecule has 2 rings (SSSR count). The van der Waals surface area contributed by atoms with Gasteiger partial charge in [0.15, 0.2) is 0 Å². The third-order valence-corrected chi connectivity index (χ3v) is 4.30. The van der Waals surface area contributed by atoms with Crippen molar-refractivity contribution in [3.8, 4) is 0 Å². The molecule has 1 aliphatic heterocycles. The van der Waals surface area contributed by atoms with Crippen LogP contribution >= 0.6 is 0 Å². The highest BCUT2D eigenvalue weighted by Gasteiger charge is 2.44. The van der Waals surface area contributed by atoms with Crippen LogP contribution < -0.4 is 10.6 Å². The Kier molecular flexibility index (Phi) is 3.40. The highest BCUT2D eigenvalue weighted by atomic mass is 16.2. The van der Waals surface area contributed by atoms with Crippen LogP contribution in [0.2, 0.25) is 0 Å². The van der Waals surface area contributed by atoms with E-state index in [1.807, 2.05) is 6.92 Å². The lowest BCUT2D eigenvalue weighted by Gasteiger charge is -2.40. The monoisotopic (exact) mass is 238 g/mol. The molecule has 0 aromatic heterocycles. The van der Waals surface area contributed by atoms with E-state index in [1.54, 1.807) is 6.92 Å². The maximum absolute atomic E-state index is 12.1. The van der Waals surface area contributed by atoms with Crippen LogP contribution in [0.4, 0.5) is 0 Å². The molecule has 1 saturated carbocycles. The first-order valence-corrected chi connectivity index (χ1v) is 6.70. The predicted octanol–water partition coefficient (Wildman–Crippen LogP) is 1.35. The summed E-state index contributed by atoms with van der Waals surface area (Å²) < 4.78 is 0. The van der Waals surface area contributed by atoms with Gasteiger partial charge in [0.25, 0.3) is 0 Å². The van der Waals surface area contributed by atoms with Crippen molar-refractivity contribution in [2.45, 2.75) is 64.0 Å². The Morgan fingerprint density at radius 3 is 2.47 bits per heavy atom. The Morgan fingerprint density at radius 2 is 1.88 bits per heavy atom. The molecule has 0 aromatic carbocycles. The van der Waals surface area contributed by atoms with Crippen LogP contribution in [0.15, 0.2) is 0 Å². The van der Waals surface area contributed by atoms with Gasteiger partial charge < -0.3 is 10.6 Å². The number of hydrogen-bond donors (Lipinski definition) is 2. The zero-order valence-electron chi connectivity index (χ0n) is 10.7. The molecule has 0 aromatic rings. The lowest BCUT2D eigenvalue weighted by Crippen LogP contribution is -2.69. The van der Waals surface area contributed by atoms with Gasteiger partial charge in [-0.3, -0.25) is 9.59 Å². The van der Waals surface area contributed by atoms with Crippen LogP contribution in [0.5, 0.6) is 0 Å². The third-order valence-electron chi connectivity index (χ3n) is 4.30. The van der Waals surface area contributed by atoms with Crippen molar-refractivity contribution >= 4 is 11.8 Å². The molecule has 2 aliphatic rings. The van der Waals surface area contributed by atoms with Gasteiger partial charge in [0.2, 0.25) is 11.8 Å². The van der Waals surface area contributed by atoms with E-state index >= 15 is 0 Å². The fourth-order valence-corrected chi connectivity index (χ4v) is 2.82. The summed E-state index contributed by atoms with van der Waals surface area (Å²) in [5.41, 5.74) is -0.720.